The average Bonchev–Trinajstić information content (AvgIpc) is 2.45. The number of methoxy groups -OCH3 is 1. The van der Waals surface area contributed by atoms with Crippen LogP contribution in [0.3, 0.4) is 0 Å². The van der Waals surface area contributed by atoms with Gasteiger partial charge in [-0.3, -0.25) is 0 Å². The molecule has 2 aromatic carbocycles. The van der Waals surface area contributed by atoms with Crippen LogP contribution in [0.15, 0.2) is 45.3 Å². The lowest BCUT2D eigenvalue weighted by molar-refractivity contribution is 0.403. The van der Waals surface area contributed by atoms with Crippen molar-refractivity contribution in [3.8, 4) is 5.75 Å². The molecule has 0 heterocycles. The van der Waals surface area contributed by atoms with Gasteiger partial charge in [0.15, 0.2) is 0 Å². The highest BCUT2D eigenvalue weighted by molar-refractivity contribution is 9.11. The van der Waals surface area contributed by atoms with Gasteiger partial charge in [-0.05, 0) is 52.7 Å². The van der Waals surface area contributed by atoms with E-state index in [4.69, 9.17) is 16.3 Å². The third-order valence-corrected chi connectivity index (χ3v) is 4.56. The van der Waals surface area contributed by atoms with E-state index >= 15 is 0 Å². The Morgan fingerprint density at radius 1 is 1.19 bits per heavy atom. The third-order valence-electron chi connectivity index (χ3n) is 3.26. The average molecular weight is 434 g/mol. The normalized spacial score (nSPS) is 12.2. The Labute approximate surface area is 147 Å². The van der Waals surface area contributed by atoms with Crippen LogP contribution in [0.4, 0.5) is 0 Å². The van der Waals surface area contributed by atoms with Crippen molar-refractivity contribution >= 4 is 43.5 Å². The summed E-state index contributed by atoms with van der Waals surface area (Å²) in [6.45, 7) is 2.84. The molecule has 2 aromatic rings. The molecule has 0 fully saturated rings. The summed E-state index contributed by atoms with van der Waals surface area (Å²) >= 11 is 12.9. The second kappa shape index (κ2) is 7.63. The molecule has 21 heavy (non-hydrogen) atoms. The highest BCUT2D eigenvalue weighted by Crippen LogP contribution is 2.33. The second-order valence-electron chi connectivity index (χ2n) is 4.73. The highest BCUT2D eigenvalue weighted by atomic mass is 79.9. The fourth-order valence-corrected chi connectivity index (χ4v) is 3.71. The Balaban J connectivity index is 2.10. The molecule has 0 saturated heterocycles. The van der Waals surface area contributed by atoms with Gasteiger partial charge in [0.25, 0.3) is 0 Å². The molecule has 0 radical (unpaired) electrons. The van der Waals surface area contributed by atoms with Crippen molar-refractivity contribution < 1.29 is 4.74 Å². The van der Waals surface area contributed by atoms with Crippen molar-refractivity contribution in [2.24, 2.45) is 0 Å². The lowest BCUT2D eigenvalue weighted by Gasteiger charge is -2.17. The largest absolute Gasteiger partial charge is 0.495 e. The van der Waals surface area contributed by atoms with Crippen molar-refractivity contribution in [2.45, 2.75) is 19.5 Å². The molecule has 0 aliphatic rings. The van der Waals surface area contributed by atoms with E-state index in [0.29, 0.717) is 6.54 Å². The van der Waals surface area contributed by atoms with Gasteiger partial charge in [-0.15, -0.1) is 0 Å². The maximum absolute atomic E-state index is 5.92. The number of ether oxygens (including phenoxy) is 1. The van der Waals surface area contributed by atoms with E-state index in [9.17, 15) is 0 Å². The van der Waals surface area contributed by atoms with Crippen LogP contribution in [0.5, 0.6) is 5.75 Å². The maximum atomic E-state index is 5.92. The first-order valence-corrected chi connectivity index (χ1v) is 8.48. The van der Waals surface area contributed by atoms with Gasteiger partial charge in [0.1, 0.15) is 5.75 Å². The first kappa shape index (κ1) is 16.8. The zero-order valence-electron chi connectivity index (χ0n) is 11.8. The zero-order chi connectivity index (χ0) is 15.4. The van der Waals surface area contributed by atoms with Crippen molar-refractivity contribution in [1.82, 2.24) is 5.32 Å². The van der Waals surface area contributed by atoms with Crippen LogP contribution < -0.4 is 10.1 Å². The molecular weight excluding hydrogens is 417 g/mol. The molecule has 0 bridgehead atoms. The zero-order valence-corrected chi connectivity index (χ0v) is 15.7. The minimum atomic E-state index is 0.227. The molecule has 1 atom stereocenters. The number of hydrogen-bond donors (Lipinski definition) is 1. The van der Waals surface area contributed by atoms with E-state index in [-0.39, 0.29) is 6.04 Å². The van der Waals surface area contributed by atoms with E-state index in [1.165, 1.54) is 5.56 Å². The van der Waals surface area contributed by atoms with E-state index in [1.54, 1.807) is 7.11 Å². The van der Waals surface area contributed by atoms with E-state index in [2.05, 4.69) is 50.2 Å². The molecule has 5 heteroatoms. The smallest absolute Gasteiger partial charge is 0.137 e. The second-order valence-corrected chi connectivity index (χ2v) is 6.94. The van der Waals surface area contributed by atoms with E-state index in [0.717, 1.165) is 25.3 Å². The predicted octanol–water partition coefficient (Wildman–Crippen LogP) is 5.72. The van der Waals surface area contributed by atoms with Crippen molar-refractivity contribution in [3.63, 3.8) is 0 Å². The van der Waals surface area contributed by atoms with Crippen LogP contribution in [-0.4, -0.2) is 7.11 Å². The van der Waals surface area contributed by atoms with Crippen molar-refractivity contribution in [1.29, 1.82) is 0 Å². The van der Waals surface area contributed by atoms with Gasteiger partial charge in [0.2, 0.25) is 0 Å². The monoisotopic (exact) mass is 431 g/mol. The topological polar surface area (TPSA) is 21.3 Å². The quantitative estimate of drug-likeness (QED) is 0.651. The van der Waals surface area contributed by atoms with Crippen molar-refractivity contribution in [3.05, 3.63) is 61.5 Å². The fourth-order valence-electron chi connectivity index (χ4n) is 2.11. The molecule has 0 amide bonds. The van der Waals surface area contributed by atoms with Gasteiger partial charge in [0.05, 0.1) is 11.6 Å². The minimum absolute atomic E-state index is 0.227. The lowest BCUT2D eigenvalue weighted by Crippen LogP contribution is -2.18. The van der Waals surface area contributed by atoms with Gasteiger partial charge in [0, 0.05) is 27.6 Å². The first-order valence-electron chi connectivity index (χ1n) is 6.52. The van der Waals surface area contributed by atoms with E-state index in [1.807, 2.05) is 30.3 Å². The Bertz CT molecular complexity index is 616. The molecule has 0 spiro atoms. The predicted molar refractivity (Wildman–Crippen MR) is 95.1 cm³/mol. The number of benzene rings is 2. The standard InChI is InChI=1S/C16H16Br2ClNO/c1-10(11-3-5-14(19)6-4-11)20-9-12-7-13(17)8-15(18)16(12)21-2/h3-8,10,20H,9H2,1-2H3/t10-/m1/s1. The Kier molecular flexibility index (Phi) is 6.11. The van der Waals surface area contributed by atoms with Gasteiger partial charge in [-0.1, -0.05) is 39.7 Å². The number of halogens is 3. The lowest BCUT2D eigenvalue weighted by atomic mass is 10.1. The van der Waals surface area contributed by atoms with Crippen LogP contribution in [-0.2, 0) is 6.54 Å². The summed E-state index contributed by atoms with van der Waals surface area (Å²) in [6.07, 6.45) is 0. The third kappa shape index (κ3) is 4.46. The number of hydrogen-bond acceptors (Lipinski definition) is 2. The number of nitrogens with one attached hydrogen (secondary N) is 1. The minimum Gasteiger partial charge on any atom is -0.495 e. The van der Waals surface area contributed by atoms with Crippen LogP contribution in [0, 0.1) is 0 Å². The van der Waals surface area contributed by atoms with E-state index < -0.39 is 0 Å². The summed E-state index contributed by atoms with van der Waals surface area (Å²) in [6, 6.07) is 12.2. The maximum Gasteiger partial charge on any atom is 0.137 e. The summed E-state index contributed by atoms with van der Waals surface area (Å²) in [5.41, 5.74) is 2.30. The SMILES string of the molecule is COc1c(Br)cc(Br)cc1CN[C@H](C)c1ccc(Cl)cc1. The van der Waals surface area contributed by atoms with Crippen LogP contribution in [0.1, 0.15) is 24.1 Å². The summed E-state index contributed by atoms with van der Waals surface area (Å²) < 4.78 is 7.42. The Morgan fingerprint density at radius 2 is 1.86 bits per heavy atom. The van der Waals surface area contributed by atoms with Gasteiger partial charge in [-0.2, -0.15) is 0 Å². The highest BCUT2D eigenvalue weighted by Gasteiger charge is 2.11. The van der Waals surface area contributed by atoms with Gasteiger partial charge < -0.3 is 10.1 Å². The van der Waals surface area contributed by atoms with Crippen LogP contribution >= 0.6 is 43.5 Å². The molecule has 0 aliphatic heterocycles. The van der Waals surface area contributed by atoms with Crippen molar-refractivity contribution in [2.75, 3.05) is 7.11 Å². The molecule has 2 rings (SSSR count). The molecule has 0 aromatic heterocycles. The molecular formula is C16H16Br2ClNO. The summed E-state index contributed by atoms with van der Waals surface area (Å²) in [7, 11) is 1.68. The van der Waals surface area contributed by atoms with Crippen LogP contribution in [0.2, 0.25) is 5.02 Å². The number of rotatable bonds is 5. The van der Waals surface area contributed by atoms with Gasteiger partial charge in [-0.25, -0.2) is 0 Å². The summed E-state index contributed by atoms with van der Waals surface area (Å²) in [5, 5.41) is 4.25. The molecule has 1 N–H and O–H groups in total. The molecule has 2 nitrogen and oxygen atoms in total. The van der Waals surface area contributed by atoms with Gasteiger partial charge >= 0.3 is 0 Å². The Morgan fingerprint density at radius 3 is 2.48 bits per heavy atom. The summed E-state index contributed by atoms with van der Waals surface area (Å²) in [5.74, 6) is 0.856. The molecule has 0 unspecified atom stereocenters. The molecule has 0 saturated carbocycles. The van der Waals surface area contributed by atoms with Crippen LogP contribution in [0.25, 0.3) is 0 Å². The molecule has 112 valence electrons. The fraction of sp³-hybridized carbons (Fsp3) is 0.250. The molecule has 0 aliphatic carbocycles. The summed E-state index contributed by atoms with van der Waals surface area (Å²) in [4.78, 5) is 0. The first-order chi connectivity index (χ1) is 10.0. The Hall–Kier alpha value is -0.550.